The monoisotopic (exact) mass is 352 g/mol. The van der Waals surface area contributed by atoms with E-state index < -0.39 is 11.7 Å². The van der Waals surface area contributed by atoms with Gasteiger partial charge in [0.05, 0.1) is 5.56 Å². The number of amides is 1. The first-order valence-electron chi connectivity index (χ1n) is 7.83. The minimum Gasteiger partial charge on any atom is -0.340 e. The quantitative estimate of drug-likeness (QED) is 0.883. The molecule has 0 atom stereocenters. The second-order valence-electron chi connectivity index (χ2n) is 5.37. The Kier molecular flexibility index (Phi) is 5.61. The molecule has 2 aromatic rings. The average molecular weight is 352 g/mol. The van der Waals surface area contributed by atoms with Crippen LogP contribution in [0.3, 0.4) is 0 Å². The number of benzene rings is 1. The summed E-state index contributed by atoms with van der Waals surface area (Å²) in [5.41, 5.74) is -0.331. The standard InChI is InChI=1S/C17H19F3N4O/c1-4-24(5-2)16(25)14-10-15(22-11(3)21-14)23-13-8-6-7-12(9-13)17(18,19)20/h6-10H,4-5H2,1-3H3,(H,21,22,23). The van der Waals surface area contributed by atoms with Crippen LogP contribution in [-0.2, 0) is 6.18 Å². The molecule has 0 aliphatic heterocycles. The van der Waals surface area contributed by atoms with Crippen molar-refractivity contribution in [1.82, 2.24) is 14.9 Å². The van der Waals surface area contributed by atoms with E-state index >= 15 is 0 Å². The predicted octanol–water partition coefficient (Wildman–Crippen LogP) is 4.03. The van der Waals surface area contributed by atoms with E-state index in [4.69, 9.17) is 0 Å². The van der Waals surface area contributed by atoms with Crippen LogP contribution in [0.25, 0.3) is 0 Å². The molecule has 1 aromatic heterocycles. The Morgan fingerprint density at radius 2 is 1.84 bits per heavy atom. The molecule has 1 aromatic carbocycles. The molecule has 1 N–H and O–H groups in total. The summed E-state index contributed by atoms with van der Waals surface area (Å²) >= 11 is 0. The summed E-state index contributed by atoms with van der Waals surface area (Å²) in [5, 5.41) is 2.81. The summed E-state index contributed by atoms with van der Waals surface area (Å²) in [6.07, 6.45) is -4.43. The van der Waals surface area contributed by atoms with Crippen molar-refractivity contribution >= 4 is 17.4 Å². The van der Waals surface area contributed by atoms with Crippen LogP contribution >= 0.6 is 0 Å². The van der Waals surface area contributed by atoms with Crippen molar-refractivity contribution < 1.29 is 18.0 Å². The smallest absolute Gasteiger partial charge is 0.340 e. The van der Waals surface area contributed by atoms with Crippen LogP contribution in [0, 0.1) is 6.92 Å². The number of hydrogen-bond acceptors (Lipinski definition) is 4. The van der Waals surface area contributed by atoms with Gasteiger partial charge < -0.3 is 10.2 Å². The fourth-order valence-electron chi connectivity index (χ4n) is 2.34. The van der Waals surface area contributed by atoms with Crippen molar-refractivity contribution in [3.8, 4) is 0 Å². The Hall–Kier alpha value is -2.64. The Bertz CT molecular complexity index is 758. The minimum absolute atomic E-state index is 0.200. The molecule has 1 amide bonds. The zero-order valence-electron chi connectivity index (χ0n) is 14.2. The summed E-state index contributed by atoms with van der Waals surface area (Å²) in [5.74, 6) is 0.373. The number of carbonyl (C=O) groups is 1. The third-order valence-electron chi connectivity index (χ3n) is 3.57. The molecule has 0 radical (unpaired) electrons. The van der Waals surface area contributed by atoms with Gasteiger partial charge in [-0.05, 0) is 39.0 Å². The molecule has 0 spiro atoms. The lowest BCUT2D eigenvalue weighted by atomic mass is 10.2. The van der Waals surface area contributed by atoms with Gasteiger partial charge >= 0.3 is 6.18 Å². The fourth-order valence-corrected chi connectivity index (χ4v) is 2.34. The first-order chi connectivity index (χ1) is 11.7. The number of aryl methyl sites for hydroxylation is 1. The normalized spacial score (nSPS) is 11.3. The fraction of sp³-hybridized carbons (Fsp3) is 0.353. The molecular weight excluding hydrogens is 333 g/mol. The molecule has 0 bridgehead atoms. The molecular formula is C17H19F3N4O. The van der Waals surface area contributed by atoms with Crippen LogP contribution in [0.4, 0.5) is 24.7 Å². The summed E-state index contributed by atoms with van der Waals surface area (Å²) in [4.78, 5) is 22.3. The van der Waals surface area contributed by atoms with Gasteiger partial charge in [0.2, 0.25) is 0 Å². The number of carbonyl (C=O) groups excluding carboxylic acids is 1. The second kappa shape index (κ2) is 7.50. The molecule has 0 unspecified atom stereocenters. The van der Waals surface area contributed by atoms with Gasteiger partial charge in [0, 0.05) is 24.8 Å². The van der Waals surface area contributed by atoms with Crippen molar-refractivity contribution in [3.63, 3.8) is 0 Å². The van der Waals surface area contributed by atoms with Crippen LogP contribution in [0.5, 0.6) is 0 Å². The molecule has 8 heteroatoms. The summed E-state index contributed by atoms with van der Waals surface area (Å²) in [6, 6.07) is 6.22. The lowest BCUT2D eigenvalue weighted by Crippen LogP contribution is -2.31. The van der Waals surface area contributed by atoms with Crippen LogP contribution in [0.2, 0.25) is 0 Å². The maximum atomic E-state index is 12.8. The van der Waals surface area contributed by atoms with E-state index in [2.05, 4.69) is 15.3 Å². The number of halogens is 3. The Balaban J connectivity index is 2.31. The van der Waals surface area contributed by atoms with Gasteiger partial charge in [0.1, 0.15) is 17.3 Å². The highest BCUT2D eigenvalue weighted by molar-refractivity contribution is 5.93. The van der Waals surface area contributed by atoms with Crippen molar-refractivity contribution in [3.05, 3.63) is 47.4 Å². The first kappa shape index (κ1) is 18.7. The third-order valence-corrected chi connectivity index (χ3v) is 3.57. The lowest BCUT2D eigenvalue weighted by molar-refractivity contribution is -0.137. The van der Waals surface area contributed by atoms with E-state index in [1.165, 1.54) is 18.2 Å². The van der Waals surface area contributed by atoms with E-state index in [1.54, 1.807) is 11.8 Å². The summed E-state index contributed by atoms with van der Waals surface area (Å²) in [7, 11) is 0. The van der Waals surface area contributed by atoms with E-state index in [0.717, 1.165) is 12.1 Å². The van der Waals surface area contributed by atoms with Crippen molar-refractivity contribution in [1.29, 1.82) is 0 Å². The van der Waals surface area contributed by atoms with E-state index in [9.17, 15) is 18.0 Å². The second-order valence-corrected chi connectivity index (χ2v) is 5.37. The maximum absolute atomic E-state index is 12.8. The topological polar surface area (TPSA) is 58.1 Å². The molecule has 0 saturated carbocycles. The lowest BCUT2D eigenvalue weighted by Gasteiger charge is -2.18. The number of nitrogens with one attached hydrogen (secondary N) is 1. The van der Waals surface area contributed by atoms with Gasteiger partial charge in [0.15, 0.2) is 0 Å². The van der Waals surface area contributed by atoms with Gasteiger partial charge in [-0.1, -0.05) is 6.07 Å². The Labute approximate surface area is 143 Å². The van der Waals surface area contributed by atoms with E-state index in [1.807, 2.05) is 13.8 Å². The molecule has 5 nitrogen and oxygen atoms in total. The zero-order chi connectivity index (χ0) is 18.6. The highest BCUT2D eigenvalue weighted by atomic mass is 19.4. The molecule has 134 valence electrons. The number of rotatable bonds is 5. The minimum atomic E-state index is -4.43. The van der Waals surface area contributed by atoms with Gasteiger partial charge in [0.25, 0.3) is 5.91 Å². The van der Waals surface area contributed by atoms with Crippen LogP contribution in [0.1, 0.15) is 35.7 Å². The molecule has 0 aliphatic rings. The SMILES string of the molecule is CCN(CC)C(=O)c1cc(Nc2cccc(C(F)(F)F)c2)nc(C)n1. The maximum Gasteiger partial charge on any atom is 0.416 e. The largest absolute Gasteiger partial charge is 0.416 e. The van der Waals surface area contributed by atoms with Crippen molar-refractivity contribution in [2.45, 2.75) is 26.9 Å². The Morgan fingerprint density at radius 1 is 1.16 bits per heavy atom. The van der Waals surface area contributed by atoms with Crippen molar-refractivity contribution in [2.75, 3.05) is 18.4 Å². The highest BCUT2D eigenvalue weighted by Crippen LogP contribution is 2.31. The summed E-state index contributed by atoms with van der Waals surface area (Å²) < 4.78 is 38.4. The third kappa shape index (κ3) is 4.68. The van der Waals surface area contributed by atoms with Crippen LogP contribution in [0.15, 0.2) is 30.3 Å². The van der Waals surface area contributed by atoms with Crippen LogP contribution < -0.4 is 5.32 Å². The molecule has 2 rings (SSSR count). The number of aromatic nitrogens is 2. The average Bonchev–Trinajstić information content (AvgIpc) is 2.54. The number of anilines is 2. The van der Waals surface area contributed by atoms with Gasteiger partial charge in [-0.25, -0.2) is 9.97 Å². The first-order valence-corrected chi connectivity index (χ1v) is 7.83. The summed E-state index contributed by atoms with van der Waals surface area (Å²) in [6.45, 7) is 6.41. The Morgan fingerprint density at radius 3 is 2.44 bits per heavy atom. The van der Waals surface area contributed by atoms with Gasteiger partial charge in [-0.2, -0.15) is 13.2 Å². The van der Waals surface area contributed by atoms with Crippen LogP contribution in [-0.4, -0.2) is 33.9 Å². The highest BCUT2D eigenvalue weighted by Gasteiger charge is 2.30. The number of alkyl halides is 3. The molecule has 1 heterocycles. The number of nitrogens with zero attached hydrogens (tertiary/aromatic N) is 3. The molecule has 0 saturated heterocycles. The zero-order valence-corrected chi connectivity index (χ0v) is 14.2. The predicted molar refractivity (Wildman–Crippen MR) is 88.7 cm³/mol. The molecule has 0 fully saturated rings. The molecule has 0 aliphatic carbocycles. The van der Waals surface area contributed by atoms with E-state index in [-0.39, 0.29) is 23.1 Å². The van der Waals surface area contributed by atoms with Crippen molar-refractivity contribution in [2.24, 2.45) is 0 Å². The van der Waals surface area contributed by atoms with Gasteiger partial charge in [-0.3, -0.25) is 4.79 Å². The van der Waals surface area contributed by atoms with E-state index in [0.29, 0.717) is 18.9 Å². The number of hydrogen-bond donors (Lipinski definition) is 1. The molecule has 25 heavy (non-hydrogen) atoms. The van der Waals surface area contributed by atoms with Gasteiger partial charge in [-0.15, -0.1) is 0 Å².